The van der Waals surface area contributed by atoms with Gasteiger partial charge < -0.3 is 9.84 Å². The Hall–Kier alpha value is -4.02. The summed E-state index contributed by atoms with van der Waals surface area (Å²) in [6, 6.07) is 15.4. The predicted molar refractivity (Wildman–Crippen MR) is 167 cm³/mol. The van der Waals surface area contributed by atoms with Crippen molar-refractivity contribution in [1.29, 1.82) is 0 Å². The molecule has 2 saturated heterocycles. The predicted octanol–water partition coefficient (Wildman–Crippen LogP) is 6.39. The number of ether oxygens (including phenoxy) is 1. The van der Waals surface area contributed by atoms with Crippen molar-refractivity contribution in [1.82, 2.24) is 0 Å². The zero-order chi connectivity index (χ0) is 31.9. The number of allylic oxidation sites excluding steroid dienone is 2. The first-order chi connectivity index (χ1) is 21.5. The number of anilines is 2. The third-order valence-corrected chi connectivity index (χ3v) is 10.9. The number of phenolic OH excluding ortho intramolecular Hbond substituents is 1. The highest BCUT2D eigenvalue weighted by atomic mass is 79.9. The zero-order valence-corrected chi connectivity index (χ0v) is 26.5. The lowest BCUT2D eigenvalue weighted by Crippen LogP contribution is -2.48. The smallest absolute Gasteiger partial charge is 0.241 e. The van der Waals surface area contributed by atoms with Crippen LogP contribution in [0.3, 0.4) is 0 Å². The molecule has 4 amide bonds. The summed E-state index contributed by atoms with van der Waals surface area (Å²) < 4.78 is 20.3. The van der Waals surface area contributed by atoms with Crippen LogP contribution in [0.15, 0.2) is 76.8 Å². The highest BCUT2D eigenvalue weighted by molar-refractivity contribution is 9.10. The number of rotatable bonds is 4. The highest BCUT2D eigenvalue weighted by Gasteiger charge is 2.67. The summed E-state index contributed by atoms with van der Waals surface area (Å²) >= 11 is 9.46. The van der Waals surface area contributed by atoms with Crippen molar-refractivity contribution in [2.24, 2.45) is 29.1 Å². The molecule has 3 aromatic rings. The number of carbonyl (C=O) groups excluding carboxylic acids is 4. The van der Waals surface area contributed by atoms with Gasteiger partial charge in [-0.25, -0.2) is 9.29 Å². The Bertz CT molecular complexity index is 1850. The van der Waals surface area contributed by atoms with Gasteiger partial charge in [-0.15, -0.1) is 0 Å². The Kier molecular flexibility index (Phi) is 6.94. The van der Waals surface area contributed by atoms with E-state index in [1.165, 1.54) is 30.2 Å². The first-order valence-electron chi connectivity index (χ1n) is 14.5. The second-order valence-electron chi connectivity index (χ2n) is 12.2. The minimum atomic E-state index is -1.31. The van der Waals surface area contributed by atoms with Crippen molar-refractivity contribution in [2.45, 2.75) is 25.7 Å². The van der Waals surface area contributed by atoms with Gasteiger partial charge in [0.1, 0.15) is 5.82 Å². The van der Waals surface area contributed by atoms with Gasteiger partial charge in [-0.3, -0.25) is 24.1 Å². The van der Waals surface area contributed by atoms with E-state index in [0.29, 0.717) is 17.7 Å². The first-order valence-corrected chi connectivity index (χ1v) is 15.7. The van der Waals surface area contributed by atoms with Crippen LogP contribution in [0.4, 0.5) is 15.8 Å². The Labute approximate surface area is 271 Å². The van der Waals surface area contributed by atoms with E-state index < -0.39 is 52.6 Å². The monoisotopic (exact) mass is 692 g/mol. The third kappa shape index (κ3) is 4.21. The van der Waals surface area contributed by atoms with Gasteiger partial charge in [-0.05, 0) is 85.8 Å². The van der Waals surface area contributed by atoms with E-state index >= 15 is 0 Å². The quantitative estimate of drug-likeness (QED) is 0.251. The number of nitrogens with zero attached hydrogens (tertiary/aromatic N) is 2. The zero-order valence-electron chi connectivity index (χ0n) is 24.2. The van der Waals surface area contributed by atoms with E-state index in [-0.39, 0.29) is 40.4 Å². The molecule has 0 radical (unpaired) electrons. The fraction of sp³-hybridized carbons (Fsp3) is 0.294. The van der Waals surface area contributed by atoms with Gasteiger partial charge in [0.15, 0.2) is 11.5 Å². The number of methoxy groups -OCH3 is 1. The topological polar surface area (TPSA) is 104 Å². The molecule has 2 aliphatic heterocycles. The normalized spacial score (nSPS) is 29.0. The number of halogens is 3. The van der Waals surface area contributed by atoms with Crippen molar-refractivity contribution < 1.29 is 33.4 Å². The molecule has 230 valence electrons. The molecule has 7 rings (SSSR count). The summed E-state index contributed by atoms with van der Waals surface area (Å²) in [4.78, 5) is 58.9. The minimum absolute atomic E-state index is 0.0916. The van der Waals surface area contributed by atoms with E-state index in [1.807, 2.05) is 6.08 Å². The number of imide groups is 2. The second kappa shape index (κ2) is 10.5. The van der Waals surface area contributed by atoms with Crippen LogP contribution < -0.4 is 14.5 Å². The van der Waals surface area contributed by atoms with Crippen LogP contribution in [-0.4, -0.2) is 35.8 Å². The van der Waals surface area contributed by atoms with Crippen LogP contribution >= 0.6 is 27.5 Å². The summed E-state index contributed by atoms with van der Waals surface area (Å²) in [5.74, 6) is -5.62. The Balaban J connectivity index is 1.37. The fourth-order valence-electron chi connectivity index (χ4n) is 7.98. The lowest BCUT2D eigenvalue weighted by atomic mass is 9.51. The second-order valence-corrected chi connectivity index (χ2v) is 13.5. The summed E-state index contributed by atoms with van der Waals surface area (Å²) in [5.41, 5.74) is 0.718. The van der Waals surface area contributed by atoms with E-state index in [0.717, 1.165) is 21.0 Å². The maximum absolute atomic E-state index is 14.5. The minimum Gasteiger partial charge on any atom is -0.504 e. The van der Waals surface area contributed by atoms with Crippen LogP contribution in [0, 0.1) is 34.9 Å². The summed E-state index contributed by atoms with van der Waals surface area (Å²) in [6.07, 6.45) is 2.40. The summed E-state index contributed by atoms with van der Waals surface area (Å²) in [5, 5.41) is 10.2. The number of phenols is 1. The number of carbonyl (C=O) groups is 4. The standard InChI is InChI=1S/C34H27BrClFN2O6/c1-34-23(31(42)39(33(34)44)19-8-11-25(37)24(36)14-19)15-22-20(29(34)16-3-12-26(40)27(13-16)45-2)9-10-21-28(22)32(43)38(30(21)41)18-6-4-17(35)5-7-18/h3-9,11-14,21-23,28-29,40H,10,15H2,1-2H3/t21-,22+,23-,28-,29-,34+/m0/s1. The summed E-state index contributed by atoms with van der Waals surface area (Å²) in [7, 11) is 1.42. The Morgan fingerprint density at radius 1 is 0.933 bits per heavy atom. The van der Waals surface area contributed by atoms with Gasteiger partial charge in [0.25, 0.3) is 0 Å². The van der Waals surface area contributed by atoms with Gasteiger partial charge in [0.2, 0.25) is 23.6 Å². The maximum Gasteiger partial charge on any atom is 0.241 e. The number of amides is 4. The number of benzene rings is 3. The molecule has 2 heterocycles. The van der Waals surface area contributed by atoms with E-state index in [2.05, 4.69) is 15.9 Å². The Morgan fingerprint density at radius 2 is 1.64 bits per heavy atom. The van der Waals surface area contributed by atoms with Gasteiger partial charge in [-0.1, -0.05) is 45.2 Å². The van der Waals surface area contributed by atoms with Crippen molar-refractivity contribution in [3.63, 3.8) is 0 Å². The molecule has 0 bridgehead atoms. The molecule has 2 aliphatic carbocycles. The molecule has 1 saturated carbocycles. The van der Waals surface area contributed by atoms with Gasteiger partial charge in [0.05, 0.1) is 46.7 Å². The van der Waals surface area contributed by atoms with Crippen molar-refractivity contribution in [3.8, 4) is 11.5 Å². The molecule has 0 spiro atoms. The van der Waals surface area contributed by atoms with Crippen LogP contribution in [0.1, 0.15) is 31.2 Å². The van der Waals surface area contributed by atoms with Crippen LogP contribution in [0.25, 0.3) is 0 Å². The lowest BCUT2D eigenvalue weighted by Gasteiger charge is -2.49. The number of aromatic hydroxyl groups is 1. The molecular formula is C34H27BrClFN2O6. The fourth-order valence-corrected chi connectivity index (χ4v) is 8.42. The molecule has 11 heteroatoms. The lowest BCUT2D eigenvalue weighted by molar-refractivity contribution is -0.131. The molecule has 8 nitrogen and oxygen atoms in total. The molecule has 1 N–H and O–H groups in total. The van der Waals surface area contributed by atoms with Gasteiger partial charge >= 0.3 is 0 Å². The molecule has 6 atom stereocenters. The van der Waals surface area contributed by atoms with Crippen LogP contribution in [0.2, 0.25) is 5.02 Å². The van der Waals surface area contributed by atoms with E-state index in [4.69, 9.17) is 16.3 Å². The molecule has 4 aliphatic rings. The first kappa shape index (κ1) is 29.7. The number of fused-ring (bicyclic) bond motifs is 4. The third-order valence-electron chi connectivity index (χ3n) is 10.1. The largest absolute Gasteiger partial charge is 0.504 e. The van der Waals surface area contributed by atoms with Crippen molar-refractivity contribution in [2.75, 3.05) is 16.9 Å². The molecule has 3 aromatic carbocycles. The van der Waals surface area contributed by atoms with Gasteiger partial charge in [-0.2, -0.15) is 0 Å². The van der Waals surface area contributed by atoms with E-state index in [9.17, 15) is 28.7 Å². The van der Waals surface area contributed by atoms with Gasteiger partial charge in [0, 0.05) is 10.4 Å². The SMILES string of the molecule is COc1cc([C@H]2C3=CC[C@@H]4C(=O)N(c5ccc(Br)cc5)C(=O)[C@@H]4[C@@H]3C[C@H]3C(=O)N(c4ccc(F)c(Cl)c4)C(=O)[C@@]23C)ccc1O. The average molecular weight is 694 g/mol. The van der Waals surface area contributed by atoms with Crippen molar-refractivity contribution in [3.05, 3.63) is 93.2 Å². The molecule has 45 heavy (non-hydrogen) atoms. The van der Waals surface area contributed by atoms with E-state index in [1.54, 1.807) is 43.3 Å². The summed E-state index contributed by atoms with van der Waals surface area (Å²) in [6.45, 7) is 1.74. The highest BCUT2D eigenvalue weighted by Crippen LogP contribution is 2.64. The molecule has 3 fully saturated rings. The molecule has 0 aromatic heterocycles. The number of hydrogen-bond acceptors (Lipinski definition) is 6. The van der Waals surface area contributed by atoms with Crippen LogP contribution in [0.5, 0.6) is 11.5 Å². The van der Waals surface area contributed by atoms with Crippen molar-refractivity contribution >= 4 is 62.5 Å². The maximum atomic E-state index is 14.5. The average Bonchev–Trinajstić information content (AvgIpc) is 3.39. The Morgan fingerprint density at radius 3 is 2.33 bits per heavy atom. The van der Waals surface area contributed by atoms with Crippen LogP contribution in [-0.2, 0) is 19.2 Å². The molecule has 0 unspecified atom stereocenters. The molecular weight excluding hydrogens is 667 g/mol. The number of hydrogen-bond donors (Lipinski definition) is 1.